The van der Waals surface area contributed by atoms with Gasteiger partial charge in [0.25, 0.3) is 0 Å². The fourth-order valence-electron chi connectivity index (χ4n) is 5.33. The summed E-state index contributed by atoms with van der Waals surface area (Å²) in [6, 6.07) is 18.3. The van der Waals surface area contributed by atoms with Crippen LogP contribution in [0.2, 0.25) is 0 Å². The van der Waals surface area contributed by atoms with Gasteiger partial charge in [0.05, 0.1) is 6.42 Å². The van der Waals surface area contributed by atoms with Crippen LogP contribution in [0.1, 0.15) is 49.8 Å². The molecule has 2 bridgehead atoms. The maximum Gasteiger partial charge on any atom is 0.227 e. The number of rotatable bonds is 3. The first-order chi connectivity index (χ1) is 14.5. The lowest BCUT2D eigenvalue weighted by Crippen LogP contribution is -2.48. The van der Waals surface area contributed by atoms with Gasteiger partial charge in [-0.1, -0.05) is 48.0 Å². The number of benzene rings is 2. The normalized spacial score (nSPS) is 22.3. The molecular formula is C26H35N3O. The quantitative estimate of drug-likeness (QED) is 0.809. The molecule has 1 N–H and O–H groups in total. The van der Waals surface area contributed by atoms with Gasteiger partial charge in [0.15, 0.2) is 0 Å². The number of carbonyl (C=O) groups excluding carboxylic acids is 1. The van der Waals surface area contributed by atoms with Gasteiger partial charge in [0.1, 0.15) is 0 Å². The number of nitrogens with one attached hydrogen (secondary N) is 1. The van der Waals surface area contributed by atoms with Crippen LogP contribution in [0, 0.1) is 6.92 Å². The van der Waals surface area contributed by atoms with Crippen molar-refractivity contribution >= 4 is 11.6 Å². The largest absolute Gasteiger partial charge is 0.385 e. The number of para-hydroxylation sites is 1. The lowest BCUT2D eigenvalue weighted by molar-refractivity contribution is -0.132. The number of amides is 1. The van der Waals surface area contributed by atoms with Crippen molar-refractivity contribution in [2.24, 2.45) is 0 Å². The van der Waals surface area contributed by atoms with E-state index in [-0.39, 0.29) is 5.91 Å². The van der Waals surface area contributed by atoms with E-state index in [2.05, 4.69) is 78.4 Å². The fraction of sp³-hybridized carbons (Fsp3) is 0.500. The van der Waals surface area contributed by atoms with Crippen LogP contribution >= 0.6 is 0 Å². The van der Waals surface area contributed by atoms with Gasteiger partial charge in [-0.25, -0.2) is 0 Å². The molecule has 2 aromatic rings. The fourth-order valence-corrected chi connectivity index (χ4v) is 5.33. The van der Waals surface area contributed by atoms with Crippen LogP contribution in [0.5, 0.6) is 0 Å². The van der Waals surface area contributed by atoms with E-state index >= 15 is 0 Å². The van der Waals surface area contributed by atoms with Gasteiger partial charge in [-0.3, -0.25) is 9.69 Å². The lowest BCUT2D eigenvalue weighted by atomic mass is 10.1. The first kappa shape index (κ1) is 20.9. The van der Waals surface area contributed by atoms with E-state index in [0.29, 0.717) is 31.1 Å². The third-order valence-electron chi connectivity index (χ3n) is 6.67. The second-order valence-electron chi connectivity index (χ2n) is 9.24. The van der Waals surface area contributed by atoms with E-state index in [0.717, 1.165) is 25.1 Å². The van der Waals surface area contributed by atoms with Crippen molar-refractivity contribution in [1.29, 1.82) is 0 Å². The molecule has 4 nitrogen and oxygen atoms in total. The summed E-state index contributed by atoms with van der Waals surface area (Å²) in [7, 11) is 0. The van der Waals surface area contributed by atoms with Gasteiger partial charge in [-0.05, 0) is 57.2 Å². The highest BCUT2D eigenvalue weighted by molar-refractivity contribution is 5.79. The molecular weight excluding hydrogens is 370 g/mol. The Morgan fingerprint density at radius 1 is 1.07 bits per heavy atom. The number of fused-ring (bicyclic) bond motifs is 3. The number of carbonyl (C=O) groups is 1. The Kier molecular flexibility index (Phi) is 6.43. The number of hydrogen-bond donors (Lipinski definition) is 1. The summed E-state index contributed by atoms with van der Waals surface area (Å²) in [6.45, 7) is 9.14. The van der Waals surface area contributed by atoms with E-state index in [4.69, 9.17) is 0 Å². The summed E-state index contributed by atoms with van der Waals surface area (Å²) >= 11 is 0. The number of hydrogen-bond acceptors (Lipinski definition) is 3. The van der Waals surface area contributed by atoms with Crippen LogP contribution < -0.4 is 5.32 Å². The van der Waals surface area contributed by atoms with E-state index in [9.17, 15) is 4.79 Å². The molecule has 160 valence electrons. The molecule has 30 heavy (non-hydrogen) atoms. The van der Waals surface area contributed by atoms with Crippen LogP contribution in [0.25, 0.3) is 0 Å². The second kappa shape index (κ2) is 9.22. The molecule has 1 saturated heterocycles. The first-order valence-corrected chi connectivity index (χ1v) is 11.4. The second-order valence-corrected chi connectivity index (χ2v) is 9.24. The summed E-state index contributed by atoms with van der Waals surface area (Å²) in [5.74, 6) is 0.224. The molecule has 0 aliphatic carbocycles. The molecule has 2 aliphatic heterocycles. The Balaban J connectivity index is 1.62. The van der Waals surface area contributed by atoms with Crippen molar-refractivity contribution in [3.63, 3.8) is 0 Å². The Labute approximate surface area is 181 Å². The Morgan fingerprint density at radius 2 is 1.87 bits per heavy atom. The Hall–Kier alpha value is -2.33. The highest BCUT2D eigenvalue weighted by Gasteiger charge is 2.36. The van der Waals surface area contributed by atoms with Gasteiger partial charge in [0.2, 0.25) is 5.91 Å². The average molecular weight is 406 g/mol. The van der Waals surface area contributed by atoms with Crippen molar-refractivity contribution < 1.29 is 4.79 Å². The zero-order valence-electron chi connectivity index (χ0n) is 18.6. The van der Waals surface area contributed by atoms with Crippen LogP contribution in [-0.2, 0) is 17.8 Å². The standard InChI is InChI=1S/C26H35N3O/c1-19(2)29-23-11-12-24(29)18-28(26(30)16-21-8-6-7-20(3)15-21)17-22-9-4-5-10-25(22)27-14-13-23/h4-10,15,19,23-24,27H,11-14,16-18H2,1-3H3/t23-,24+/m1/s1. The molecule has 2 heterocycles. The number of aryl methyl sites for hydroxylation is 1. The van der Waals surface area contributed by atoms with Gasteiger partial charge >= 0.3 is 0 Å². The SMILES string of the molecule is Cc1cccc(CC(=O)N2Cc3ccccc3NCC[C@H]3CC[C@@H](C2)N3C(C)C)c1. The molecule has 2 aliphatic rings. The molecule has 2 aromatic carbocycles. The topological polar surface area (TPSA) is 35.6 Å². The summed E-state index contributed by atoms with van der Waals surface area (Å²) in [5.41, 5.74) is 4.69. The van der Waals surface area contributed by atoms with Crippen LogP contribution in [0.3, 0.4) is 0 Å². The third kappa shape index (κ3) is 4.70. The van der Waals surface area contributed by atoms with Gasteiger partial charge in [-0.2, -0.15) is 0 Å². The van der Waals surface area contributed by atoms with Crippen LogP contribution in [-0.4, -0.2) is 46.9 Å². The smallest absolute Gasteiger partial charge is 0.227 e. The monoisotopic (exact) mass is 405 g/mol. The zero-order chi connectivity index (χ0) is 21.1. The highest BCUT2D eigenvalue weighted by Crippen LogP contribution is 2.31. The van der Waals surface area contributed by atoms with Gasteiger partial charge in [0, 0.05) is 43.4 Å². The summed E-state index contributed by atoms with van der Waals surface area (Å²) in [5, 5.41) is 3.65. The minimum atomic E-state index is 0.224. The molecule has 0 spiro atoms. The maximum atomic E-state index is 13.5. The van der Waals surface area contributed by atoms with Crippen LogP contribution in [0.4, 0.5) is 5.69 Å². The predicted molar refractivity (Wildman–Crippen MR) is 124 cm³/mol. The lowest BCUT2D eigenvalue weighted by Gasteiger charge is -2.36. The minimum absolute atomic E-state index is 0.224. The maximum absolute atomic E-state index is 13.5. The molecule has 1 amide bonds. The van der Waals surface area contributed by atoms with Crippen LogP contribution in [0.15, 0.2) is 48.5 Å². The third-order valence-corrected chi connectivity index (χ3v) is 6.67. The first-order valence-electron chi connectivity index (χ1n) is 11.4. The van der Waals surface area contributed by atoms with Gasteiger partial charge in [-0.15, -0.1) is 0 Å². The zero-order valence-corrected chi connectivity index (χ0v) is 18.6. The van der Waals surface area contributed by atoms with Crippen molar-refractivity contribution in [2.45, 2.75) is 71.1 Å². The summed E-state index contributed by atoms with van der Waals surface area (Å²) in [6.07, 6.45) is 4.03. The number of nitrogens with zero attached hydrogens (tertiary/aromatic N) is 2. The van der Waals surface area contributed by atoms with E-state index < -0.39 is 0 Å². The van der Waals surface area contributed by atoms with Crippen molar-refractivity contribution in [1.82, 2.24) is 9.80 Å². The average Bonchev–Trinajstić information content (AvgIpc) is 3.09. The predicted octanol–water partition coefficient (Wildman–Crippen LogP) is 4.62. The molecule has 0 unspecified atom stereocenters. The minimum Gasteiger partial charge on any atom is -0.385 e. The Bertz CT molecular complexity index is 878. The highest BCUT2D eigenvalue weighted by atomic mass is 16.2. The molecule has 4 heteroatoms. The molecule has 0 aromatic heterocycles. The molecule has 0 radical (unpaired) electrons. The molecule has 0 saturated carbocycles. The van der Waals surface area contributed by atoms with Crippen molar-refractivity contribution in [2.75, 3.05) is 18.4 Å². The number of anilines is 1. The summed E-state index contributed by atoms with van der Waals surface area (Å²) < 4.78 is 0. The molecule has 1 fully saturated rings. The van der Waals surface area contributed by atoms with E-state index in [1.807, 2.05) is 6.07 Å². The Morgan fingerprint density at radius 3 is 2.67 bits per heavy atom. The molecule has 4 rings (SSSR count). The van der Waals surface area contributed by atoms with Crippen molar-refractivity contribution in [3.8, 4) is 0 Å². The summed E-state index contributed by atoms with van der Waals surface area (Å²) in [4.78, 5) is 18.3. The van der Waals surface area contributed by atoms with Gasteiger partial charge < -0.3 is 10.2 Å². The van der Waals surface area contributed by atoms with Crippen molar-refractivity contribution in [3.05, 3.63) is 65.2 Å². The molecule has 2 atom stereocenters. The van der Waals surface area contributed by atoms with E-state index in [1.165, 1.54) is 29.7 Å². The van der Waals surface area contributed by atoms with E-state index in [1.54, 1.807) is 0 Å².